The van der Waals surface area contributed by atoms with Gasteiger partial charge in [0, 0.05) is 11.5 Å². The molecular weight excluding hydrogens is 178 g/mol. The Morgan fingerprint density at radius 3 is 2.64 bits per heavy atom. The van der Waals surface area contributed by atoms with Gasteiger partial charge in [0.2, 0.25) is 5.56 Å². The molecule has 3 nitrogen and oxygen atoms in total. The van der Waals surface area contributed by atoms with E-state index in [1.807, 2.05) is 13.0 Å². The maximum atomic E-state index is 11.0. The number of benzene rings is 1. The van der Waals surface area contributed by atoms with Crippen molar-refractivity contribution in [1.82, 2.24) is 4.98 Å². The van der Waals surface area contributed by atoms with Crippen LogP contribution in [0.1, 0.15) is 13.0 Å². The second kappa shape index (κ2) is 3.54. The highest BCUT2D eigenvalue weighted by atomic mass is 16.3. The van der Waals surface area contributed by atoms with E-state index in [9.17, 15) is 9.90 Å². The van der Waals surface area contributed by atoms with E-state index < -0.39 is 0 Å². The van der Waals surface area contributed by atoms with Gasteiger partial charge in [0.05, 0.1) is 5.52 Å². The molecule has 14 heavy (non-hydrogen) atoms. The van der Waals surface area contributed by atoms with Crippen molar-refractivity contribution >= 4 is 10.9 Å². The molecule has 2 rings (SSSR count). The predicted octanol–water partition coefficient (Wildman–Crippen LogP) is 2.18. The number of rotatable bonds is 0. The molecule has 0 spiro atoms. The third-order valence-electron chi connectivity index (χ3n) is 2.09. The molecule has 3 heteroatoms. The minimum Gasteiger partial charge on any atom is -0.506 e. The minimum absolute atomic E-state index is 0. The number of hydrogen-bond acceptors (Lipinski definition) is 2. The lowest BCUT2D eigenvalue weighted by Gasteiger charge is -2.02. The maximum Gasteiger partial charge on any atom is 0.248 e. The van der Waals surface area contributed by atoms with Crippen LogP contribution in [0, 0.1) is 6.92 Å². The van der Waals surface area contributed by atoms with Crippen molar-refractivity contribution < 1.29 is 5.11 Å². The number of nitrogens with one attached hydrogen (secondary N) is 1. The number of fused-ring (bicyclic) bond motifs is 1. The van der Waals surface area contributed by atoms with Crippen molar-refractivity contribution in [3.8, 4) is 5.75 Å². The summed E-state index contributed by atoms with van der Waals surface area (Å²) < 4.78 is 0. The standard InChI is InChI=1S/C10H9NO2.CH4/c1-6-2-4-8(12)10-7(6)3-5-9(13)11-10;/h2-5,12H,1H3,(H,11,13);1H4. The molecule has 0 amide bonds. The summed E-state index contributed by atoms with van der Waals surface area (Å²) in [7, 11) is 0. The Bertz CT molecular complexity index is 514. The zero-order valence-corrected chi connectivity index (χ0v) is 7.16. The number of pyridine rings is 1. The molecule has 0 unspecified atom stereocenters. The van der Waals surface area contributed by atoms with Gasteiger partial charge < -0.3 is 10.1 Å². The molecule has 0 radical (unpaired) electrons. The van der Waals surface area contributed by atoms with Crippen LogP contribution in [-0.2, 0) is 0 Å². The number of hydrogen-bond donors (Lipinski definition) is 2. The summed E-state index contributed by atoms with van der Waals surface area (Å²) in [6.07, 6.45) is 0. The van der Waals surface area contributed by atoms with Crippen LogP contribution < -0.4 is 5.56 Å². The highest BCUT2D eigenvalue weighted by Gasteiger charge is 2.01. The zero-order valence-electron chi connectivity index (χ0n) is 7.16. The second-order valence-corrected chi connectivity index (χ2v) is 3.01. The number of aromatic hydroxyl groups is 1. The van der Waals surface area contributed by atoms with Crippen LogP contribution in [0.4, 0.5) is 0 Å². The van der Waals surface area contributed by atoms with E-state index in [1.165, 1.54) is 6.07 Å². The van der Waals surface area contributed by atoms with Gasteiger partial charge in [-0.3, -0.25) is 4.79 Å². The van der Waals surface area contributed by atoms with Gasteiger partial charge in [-0.1, -0.05) is 13.5 Å². The molecule has 0 bridgehead atoms. The quantitative estimate of drug-likeness (QED) is 0.670. The Kier molecular flexibility index (Phi) is 2.60. The average Bonchev–Trinajstić information content (AvgIpc) is 2.12. The van der Waals surface area contributed by atoms with Gasteiger partial charge in [0.25, 0.3) is 0 Å². The van der Waals surface area contributed by atoms with Gasteiger partial charge in [0.15, 0.2) is 0 Å². The molecule has 0 saturated heterocycles. The topological polar surface area (TPSA) is 53.1 Å². The number of aryl methyl sites for hydroxylation is 1. The predicted molar refractivity (Wildman–Crippen MR) is 57.7 cm³/mol. The Morgan fingerprint density at radius 1 is 1.21 bits per heavy atom. The summed E-state index contributed by atoms with van der Waals surface area (Å²) in [5, 5.41) is 10.3. The van der Waals surface area contributed by atoms with E-state index in [2.05, 4.69) is 4.98 Å². The molecule has 0 aliphatic rings. The molecule has 1 heterocycles. The summed E-state index contributed by atoms with van der Waals surface area (Å²) in [5.74, 6) is 0.110. The van der Waals surface area contributed by atoms with E-state index in [1.54, 1.807) is 12.1 Å². The molecule has 1 aromatic heterocycles. The van der Waals surface area contributed by atoms with Crippen LogP contribution in [0.25, 0.3) is 10.9 Å². The fourth-order valence-electron chi connectivity index (χ4n) is 1.38. The van der Waals surface area contributed by atoms with Crippen LogP contribution in [-0.4, -0.2) is 10.1 Å². The number of aromatic nitrogens is 1. The summed E-state index contributed by atoms with van der Waals surface area (Å²) in [4.78, 5) is 13.6. The smallest absolute Gasteiger partial charge is 0.248 e. The lowest BCUT2D eigenvalue weighted by molar-refractivity contribution is 0.480. The van der Waals surface area contributed by atoms with E-state index in [0.29, 0.717) is 5.52 Å². The van der Waals surface area contributed by atoms with Crippen molar-refractivity contribution in [2.75, 3.05) is 0 Å². The fraction of sp³-hybridized carbons (Fsp3) is 0.182. The van der Waals surface area contributed by atoms with Gasteiger partial charge in [-0.15, -0.1) is 0 Å². The van der Waals surface area contributed by atoms with Crippen molar-refractivity contribution in [1.29, 1.82) is 0 Å². The van der Waals surface area contributed by atoms with Crippen LogP contribution in [0.15, 0.2) is 29.1 Å². The monoisotopic (exact) mass is 191 g/mol. The van der Waals surface area contributed by atoms with E-state index in [4.69, 9.17) is 0 Å². The molecule has 2 N–H and O–H groups in total. The van der Waals surface area contributed by atoms with Crippen LogP contribution in [0.2, 0.25) is 0 Å². The van der Waals surface area contributed by atoms with Crippen molar-refractivity contribution in [2.45, 2.75) is 14.4 Å². The third kappa shape index (κ3) is 1.48. The number of phenolic OH excluding ortho intramolecular Hbond substituents is 1. The average molecular weight is 191 g/mol. The van der Waals surface area contributed by atoms with Crippen molar-refractivity contribution in [3.05, 3.63) is 40.2 Å². The number of aromatic amines is 1. The minimum atomic E-state index is -0.201. The third-order valence-corrected chi connectivity index (χ3v) is 2.09. The molecule has 1 aromatic carbocycles. The first-order valence-electron chi connectivity index (χ1n) is 4.00. The lowest BCUT2D eigenvalue weighted by atomic mass is 10.1. The molecule has 74 valence electrons. The van der Waals surface area contributed by atoms with Gasteiger partial charge in [-0.25, -0.2) is 0 Å². The molecule has 0 fully saturated rings. The molecule has 2 aromatic rings. The highest BCUT2D eigenvalue weighted by molar-refractivity contribution is 5.86. The second-order valence-electron chi connectivity index (χ2n) is 3.01. The van der Waals surface area contributed by atoms with Gasteiger partial charge in [-0.05, 0) is 24.6 Å². The van der Waals surface area contributed by atoms with Gasteiger partial charge >= 0.3 is 0 Å². The first-order chi connectivity index (χ1) is 6.18. The Labute approximate surface area is 82.0 Å². The Morgan fingerprint density at radius 2 is 1.93 bits per heavy atom. The molecule has 0 aliphatic heterocycles. The highest BCUT2D eigenvalue weighted by Crippen LogP contribution is 2.23. The molecule has 0 saturated carbocycles. The first kappa shape index (κ1) is 10.3. The Hall–Kier alpha value is -1.77. The Balaban J connectivity index is 0.000000980. The normalized spacial score (nSPS) is 9.79. The molecule has 0 aliphatic carbocycles. The van der Waals surface area contributed by atoms with E-state index in [0.717, 1.165) is 10.9 Å². The van der Waals surface area contributed by atoms with Crippen LogP contribution >= 0.6 is 0 Å². The number of H-pyrrole nitrogens is 1. The first-order valence-corrected chi connectivity index (χ1v) is 4.00. The summed E-state index contributed by atoms with van der Waals surface area (Å²) in [6.45, 7) is 1.93. The molecular formula is C11H13NO2. The van der Waals surface area contributed by atoms with E-state index >= 15 is 0 Å². The fourth-order valence-corrected chi connectivity index (χ4v) is 1.38. The summed E-state index contributed by atoms with van der Waals surface area (Å²) in [5.41, 5.74) is 1.34. The molecule has 0 atom stereocenters. The van der Waals surface area contributed by atoms with Gasteiger partial charge in [0.1, 0.15) is 5.75 Å². The van der Waals surface area contributed by atoms with Crippen LogP contribution in [0.3, 0.4) is 0 Å². The SMILES string of the molecule is C.Cc1ccc(O)c2[nH]c(=O)ccc12. The lowest BCUT2D eigenvalue weighted by Crippen LogP contribution is -2.02. The van der Waals surface area contributed by atoms with Crippen molar-refractivity contribution in [3.63, 3.8) is 0 Å². The van der Waals surface area contributed by atoms with E-state index in [-0.39, 0.29) is 18.7 Å². The largest absolute Gasteiger partial charge is 0.506 e. The summed E-state index contributed by atoms with van der Waals surface area (Å²) in [6, 6.07) is 6.56. The van der Waals surface area contributed by atoms with Crippen molar-refractivity contribution in [2.24, 2.45) is 0 Å². The zero-order chi connectivity index (χ0) is 9.42. The summed E-state index contributed by atoms with van der Waals surface area (Å²) >= 11 is 0. The maximum absolute atomic E-state index is 11.0. The van der Waals surface area contributed by atoms with Crippen LogP contribution in [0.5, 0.6) is 5.75 Å². The van der Waals surface area contributed by atoms with Gasteiger partial charge in [-0.2, -0.15) is 0 Å². The number of phenols is 1.